The highest BCUT2D eigenvalue weighted by molar-refractivity contribution is 5.86. The monoisotopic (exact) mass is 320 g/mol. The van der Waals surface area contributed by atoms with Gasteiger partial charge in [0.2, 0.25) is 0 Å². The van der Waals surface area contributed by atoms with Crippen LogP contribution in [0.15, 0.2) is 49.3 Å². The van der Waals surface area contributed by atoms with Crippen LogP contribution in [0.1, 0.15) is 5.69 Å². The third-order valence-corrected chi connectivity index (χ3v) is 3.94. The van der Waals surface area contributed by atoms with Gasteiger partial charge >= 0.3 is 0 Å². The number of hydrogen-bond acceptors (Lipinski definition) is 5. The summed E-state index contributed by atoms with van der Waals surface area (Å²) in [5.41, 5.74) is 11.3. The van der Waals surface area contributed by atoms with Crippen LogP contribution in [-0.2, 0) is 0 Å². The van der Waals surface area contributed by atoms with Crippen LogP contribution in [-0.4, -0.2) is 31.3 Å². The molecule has 0 amide bonds. The van der Waals surface area contributed by atoms with E-state index in [9.17, 15) is 0 Å². The summed E-state index contributed by atoms with van der Waals surface area (Å²) in [5.74, 6) is 0.691. The number of nitrogens with two attached hydrogens (primary N) is 1. The van der Waals surface area contributed by atoms with Crippen molar-refractivity contribution in [1.82, 2.24) is 24.1 Å². The summed E-state index contributed by atoms with van der Waals surface area (Å²) in [7, 11) is 1.63. The molecule has 0 radical (unpaired) electrons. The maximum absolute atomic E-state index is 6.34. The van der Waals surface area contributed by atoms with Crippen molar-refractivity contribution in [1.29, 1.82) is 0 Å². The number of imidazole rings is 1. The Morgan fingerprint density at radius 2 is 2.08 bits per heavy atom. The van der Waals surface area contributed by atoms with E-state index in [0.29, 0.717) is 11.4 Å². The Bertz CT molecular complexity index is 1020. The standard InChI is InChI=1S/C17H16N6O/c1-11-8-22-6-5-13(16(18)17(22)21-11)12-3-4-14(15(7-12)24-2)23-10-19-9-20-23/h3-10H,18H2,1-2H3. The van der Waals surface area contributed by atoms with Gasteiger partial charge in [-0.3, -0.25) is 0 Å². The molecule has 120 valence electrons. The van der Waals surface area contributed by atoms with Crippen LogP contribution in [0.3, 0.4) is 0 Å². The van der Waals surface area contributed by atoms with Crippen LogP contribution in [0, 0.1) is 6.92 Å². The summed E-state index contributed by atoms with van der Waals surface area (Å²) in [4.78, 5) is 8.45. The molecule has 24 heavy (non-hydrogen) atoms. The van der Waals surface area contributed by atoms with Gasteiger partial charge in [0, 0.05) is 18.0 Å². The van der Waals surface area contributed by atoms with Crippen LogP contribution in [0.5, 0.6) is 5.75 Å². The van der Waals surface area contributed by atoms with E-state index in [2.05, 4.69) is 15.1 Å². The summed E-state index contributed by atoms with van der Waals surface area (Å²) in [6.07, 6.45) is 7.02. The van der Waals surface area contributed by atoms with Gasteiger partial charge in [0.25, 0.3) is 0 Å². The zero-order chi connectivity index (χ0) is 16.7. The highest BCUT2D eigenvalue weighted by Gasteiger charge is 2.13. The molecule has 7 nitrogen and oxygen atoms in total. The van der Waals surface area contributed by atoms with Gasteiger partial charge in [0.05, 0.1) is 18.5 Å². The number of nitrogens with zero attached hydrogens (tertiary/aromatic N) is 5. The minimum absolute atomic E-state index is 0.640. The number of hydrogen-bond donors (Lipinski definition) is 1. The van der Waals surface area contributed by atoms with E-state index in [-0.39, 0.29) is 0 Å². The average molecular weight is 320 g/mol. The maximum Gasteiger partial charge on any atom is 0.160 e. The lowest BCUT2D eigenvalue weighted by atomic mass is 10.0. The van der Waals surface area contributed by atoms with Gasteiger partial charge in [0.1, 0.15) is 24.1 Å². The van der Waals surface area contributed by atoms with E-state index >= 15 is 0 Å². The lowest BCUT2D eigenvalue weighted by Gasteiger charge is -2.12. The molecule has 0 atom stereocenters. The fourth-order valence-electron chi connectivity index (χ4n) is 2.81. The molecule has 4 aromatic rings. The number of ether oxygens (including phenoxy) is 1. The number of anilines is 1. The number of nitrogen functional groups attached to an aromatic ring is 1. The van der Waals surface area contributed by atoms with Gasteiger partial charge in [-0.05, 0) is 30.7 Å². The van der Waals surface area contributed by atoms with Crippen LogP contribution in [0.25, 0.3) is 22.5 Å². The van der Waals surface area contributed by atoms with Crippen LogP contribution in [0.4, 0.5) is 5.69 Å². The molecular weight excluding hydrogens is 304 g/mol. The first-order chi connectivity index (χ1) is 11.7. The second-order valence-electron chi connectivity index (χ2n) is 5.48. The molecule has 2 N–H and O–H groups in total. The van der Waals surface area contributed by atoms with Crippen molar-refractivity contribution in [2.45, 2.75) is 6.92 Å². The molecule has 3 heterocycles. The van der Waals surface area contributed by atoms with E-state index in [1.807, 2.05) is 48.0 Å². The Morgan fingerprint density at radius 1 is 1.21 bits per heavy atom. The number of pyridine rings is 1. The maximum atomic E-state index is 6.34. The number of aryl methyl sites for hydroxylation is 1. The fraction of sp³-hybridized carbons (Fsp3) is 0.118. The SMILES string of the molecule is COc1cc(-c2ccn3cc(C)nc3c2N)ccc1-n1cncn1. The summed E-state index contributed by atoms with van der Waals surface area (Å²) in [6, 6.07) is 7.84. The summed E-state index contributed by atoms with van der Waals surface area (Å²) in [6.45, 7) is 1.95. The molecule has 0 bridgehead atoms. The second-order valence-corrected chi connectivity index (χ2v) is 5.48. The fourth-order valence-corrected chi connectivity index (χ4v) is 2.81. The Hall–Kier alpha value is -3.35. The molecular formula is C17H16N6O. The predicted octanol–water partition coefficient (Wildman–Crippen LogP) is 2.48. The first-order valence-electron chi connectivity index (χ1n) is 7.44. The van der Waals surface area contributed by atoms with E-state index in [1.54, 1.807) is 18.1 Å². The van der Waals surface area contributed by atoms with Crippen LogP contribution >= 0.6 is 0 Å². The Labute approximate surface area is 138 Å². The highest BCUT2D eigenvalue weighted by Crippen LogP contribution is 2.33. The first-order valence-corrected chi connectivity index (χ1v) is 7.44. The van der Waals surface area contributed by atoms with E-state index < -0.39 is 0 Å². The van der Waals surface area contributed by atoms with Crippen LogP contribution in [0.2, 0.25) is 0 Å². The molecule has 0 spiro atoms. The van der Waals surface area contributed by atoms with Crippen molar-refractivity contribution in [3.63, 3.8) is 0 Å². The van der Waals surface area contributed by atoms with E-state index in [0.717, 1.165) is 28.2 Å². The topological polar surface area (TPSA) is 83.3 Å². The number of fused-ring (bicyclic) bond motifs is 1. The predicted molar refractivity (Wildman–Crippen MR) is 91.2 cm³/mol. The van der Waals surface area contributed by atoms with E-state index in [4.69, 9.17) is 10.5 Å². The summed E-state index contributed by atoms with van der Waals surface area (Å²) in [5, 5.41) is 4.15. The molecule has 0 fully saturated rings. The Kier molecular flexibility index (Phi) is 3.19. The summed E-state index contributed by atoms with van der Waals surface area (Å²) < 4.78 is 9.10. The molecule has 4 rings (SSSR count). The smallest absolute Gasteiger partial charge is 0.160 e. The van der Waals surface area contributed by atoms with Gasteiger partial charge in [0.15, 0.2) is 5.65 Å². The van der Waals surface area contributed by atoms with Gasteiger partial charge in [-0.1, -0.05) is 6.07 Å². The van der Waals surface area contributed by atoms with Gasteiger partial charge in [-0.25, -0.2) is 14.6 Å². The molecule has 0 aliphatic heterocycles. The molecule has 0 unspecified atom stereocenters. The van der Waals surface area contributed by atoms with Crippen molar-refractivity contribution in [3.05, 3.63) is 55.0 Å². The largest absolute Gasteiger partial charge is 0.494 e. The number of rotatable bonds is 3. The lowest BCUT2D eigenvalue weighted by Crippen LogP contribution is -2.00. The molecule has 7 heteroatoms. The van der Waals surface area contributed by atoms with Crippen LogP contribution < -0.4 is 10.5 Å². The van der Waals surface area contributed by atoms with Crippen molar-refractivity contribution < 1.29 is 4.74 Å². The van der Waals surface area contributed by atoms with E-state index in [1.165, 1.54) is 6.33 Å². The van der Waals surface area contributed by atoms with Gasteiger partial charge in [-0.15, -0.1) is 0 Å². The van der Waals surface area contributed by atoms with Gasteiger partial charge in [-0.2, -0.15) is 5.10 Å². The average Bonchev–Trinajstić information content (AvgIpc) is 3.24. The molecule has 1 aromatic carbocycles. The molecule has 3 aromatic heterocycles. The minimum Gasteiger partial charge on any atom is -0.494 e. The van der Waals surface area contributed by atoms with Gasteiger partial charge < -0.3 is 14.9 Å². The highest BCUT2D eigenvalue weighted by atomic mass is 16.5. The Balaban J connectivity index is 1.86. The minimum atomic E-state index is 0.640. The molecule has 0 aliphatic carbocycles. The molecule has 0 aliphatic rings. The van der Waals surface area contributed by atoms with Crippen molar-refractivity contribution in [2.75, 3.05) is 12.8 Å². The zero-order valence-corrected chi connectivity index (χ0v) is 13.3. The Morgan fingerprint density at radius 3 is 2.83 bits per heavy atom. The lowest BCUT2D eigenvalue weighted by molar-refractivity contribution is 0.412. The third-order valence-electron chi connectivity index (χ3n) is 3.94. The zero-order valence-electron chi connectivity index (χ0n) is 13.3. The molecule has 0 saturated heterocycles. The first kappa shape index (κ1) is 14.3. The van der Waals surface area contributed by atoms with Crippen molar-refractivity contribution in [2.24, 2.45) is 0 Å². The third kappa shape index (κ3) is 2.18. The molecule has 0 saturated carbocycles. The van der Waals surface area contributed by atoms with Crippen molar-refractivity contribution >= 4 is 11.3 Å². The summed E-state index contributed by atoms with van der Waals surface area (Å²) >= 11 is 0. The quantitative estimate of drug-likeness (QED) is 0.627. The normalized spacial score (nSPS) is 11.1. The number of aromatic nitrogens is 5. The number of benzene rings is 1. The van der Waals surface area contributed by atoms with Crippen molar-refractivity contribution in [3.8, 4) is 22.6 Å². The second kappa shape index (κ2) is 5.38. The number of methoxy groups -OCH3 is 1.